The molecule has 6 nitrogen and oxygen atoms in total. The van der Waals surface area contributed by atoms with Crippen molar-refractivity contribution in [1.29, 1.82) is 0 Å². The summed E-state index contributed by atoms with van der Waals surface area (Å²) in [5, 5.41) is 14.5. The van der Waals surface area contributed by atoms with Gasteiger partial charge in [0.05, 0.1) is 17.7 Å². The van der Waals surface area contributed by atoms with Gasteiger partial charge in [-0.25, -0.2) is 0 Å². The Balaban J connectivity index is 1.64. The number of aliphatic hydroxyl groups is 1. The monoisotopic (exact) mass is 414 g/mol. The van der Waals surface area contributed by atoms with E-state index in [4.69, 9.17) is 4.74 Å². The van der Waals surface area contributed by atoms with Crippen LogP contribution in [0.1, 0.15) is 63.5 Å². The lowest BCUT2D eigenvalue weighted by molar-refractivity contribution is -0.152. The third-order valence-electron chi connectivity index (χ3n) is 7.20. The highest BCUT2D eigenvalue weighted by Gasteiger charge is 2.49. The van der Waals surface area contributed by atoms with Gasteiger partial charge in [0.15, 0.2) is 0 Å². The van der Waals surface area contributed by atoms with E-state index < -0.39 is 11.6 Å². The molecular weight excluding hydrogens is 380 g/mol. The van der Waals surface area contributed by atoms with Gasteiger partial charge in [-0.3, -0.25) is 9.59 Å². The number of ether oxygens (including phenoxy) is 1. The smallest absolute Gasteiger partial charge is 0.226 e. The molecule has 1 aromatic carbocycles. The van der Waals surface area contributed by atoms with Crippen molar-refractivity contribution < 1.29 is 19.4 Å². The van der Waals surface area contributed by atoms with E-state index in [1.807, 2.05) is 35.2 Å². The molecule has 4 rings (SSSR count). The van der Waals surface area contributed by atoms with Crippen molar-refractivity contribution in [1.82, 2.24) is 10.2 Å². The first kappa shape index (κ1) is 21.3. The van der Waals surface area contributed by atoms with Gasteiger partial charge in [0.1, 0.15) is 0 Å². The second-order valence-electron chi connectivity index (χ2n) is 9.35. The van der Waals surface area contributed by atoms with Crippen molar-refractivity contribution in [2.45, 2.75) is 69.6 Å². The van der Waals surface area contributed by atoms with Gasteiger partial charge in [-0.2, -0.15) is 0 Å². The van der Waals surface area contributed by atoms with Gasteiger partial charge in [0.2, 0.25) is 11.8 Å². The Morgan fingerprint density at radius 1 is 1.07 bits per heavy atom. The van der Waals surface area contributed by atoms with E-state index in [9.17, 15) is 14.7 Å². The van der Waals surface area contributed by atoms with Crippen LogP contribution in [0.4, 0.5) is 0 Å². The quantitative estimate of drug-likeness (QED) is 0.794. The molecule has 2 amide bonds. The zero-order chi connectivity index (χ0) is 21.1. The normalized spacial score (nSPS) is 30.9. The second-order valence-corrected chi connectivity index (χ2v) is 9.35. The van der Waals surface area contributed by atoms with E-state index in [0.29, 0.717) is 26.2 Å². The van der Waals surface area contributed by atoms with Crippen LogP contribution in [0.5, 0.6) is 0 Å². The van der Waals surface area contributed by atoms with Crippen LogP contribution in [0.2, 0.25) is 0 Å². The van der Waals surface area contributed by atoms with E-state index in [2.05, 4.69) is 5.32 Å². The summed E-state index contributed by atoms with van der Waals surface area (Å²) in [7, 11) is 0. The Morgan fingerprint density at radius 2 is 1.73 bits per heavy atom. The number of nitrogens with one attached hydrogen (secondary N) is 1. The molecule has 2 aliphatic heterocycles. The van der Waals surface area contributed by atoms with Crippen LogP contribution in [0.15, 0.2) is 30.3 Å². The topological polar surface area (TPSA) is 78.9 Å². The molecule has 0 radical (unpaired) electrons. The highest BCUT2D eigenvalue weighted by molar-refractivity contribution is 5.81. The van der Waals surface area contributed by atoms with Crippen molar-refractivity contribution >= 4 is 11.8 Å². The summed E-state index contributed by atoms with van der Waals surface area (Å²) in [6, 6.07) is 8.91. The number of amides is 2. The molecule has 2 N–H and O–H groups in total. The zero-order valence-corrected chi connectivity index (χ0v) is 17.9. The van der Waals surface area contributed by atoms with E-state index in [1.165, 1.54) is 0 Å². The summed E-state index contributed by atoms with van der Waals surface area (Å²) in [6.45, 7) is 3.50. The van der Waals surface area contributed by atoms with Gasteiger partial charge in [0, 0.05) is 31.6 Å². The summed E-state index contributed by atoms with van der Waals surface area (Å²) in [5.74, 6) is 0.0832. The summed E-state index contributed by atoms with van der Waals surface area (Å²) in [6.07, 6.45) is 5.87. The van der Waals surface area contributed by atoms with Gasteiger partial charge >= 0.3 is 0 Å². The van der Waals surface area contributed by atoms with Crippen LogP contribution in [0.25, 0.3) is 0 Å². The number of piperidine rings is 1. The minimum Gasteiger partial charge on any atom is -0.388 e. The minimum absolute atomic E-state index is 0.0128. The van der Waals surface area contributed by atoms with Gasteiger partial charge in [-0.05, 0) is 44.6 Å². The summed E-state index contributed by atoms with van der Waals surface area (Å²) in [4.78, 5) is 28.4. The fourth-order valence-electron chi connectivity index (χ4n) is 5.30. The van der Waals surface area contributed by atoms with E-state index in [1.54, 1.807) is 6.92 Å². The summed E-state index contributed by atoms with van der Waals surface area (Å²) >= 11 is 0. The second kappa shape index (κ2) is 9.06. The van der Waals surface area contributed by atoms with Crippen LogP contribution in [0, 0.1) is 11.8 Å². The Bertz CT molecular complexity index is 739. The third kappa shape index (κ3) is 4.40. The minimum atomic E-state index is -1.08. The maximum atomic E-state index is 13.5. The highest BCUT2D eigenvalue weighted by Crippen LogP contribution is 2.39. The molecule has 3 aliphatic rings. The molecule has 164 valence electrons. The maximum absolute atomic E-state index is 13.5. The van der Waals surface area contributed by atoms with Crippen LogP contribution < -0.4 is 5.32 Å². The molecule has 2 saturated heterocycles. The Labute approximate surface area is 179 Å². The molecule has 0 aromatic heterocycles. The van der Waals surface area contributed by atoms with Crippen molar-refractivity contribution in [3.05, 3.63) is 35.9 Å². The Hall–Kier alpha value is -1.92. The maximum Gasteiger partial charge on any atom is 0.226 e. The van der Waals surface area contributed by atoms with Crippen molar-refractivity contribution in [2.75, 3.05) is 19.8 Å². The van der Waals surface area contributed by atoms with Gasteiger partial charge in [-0.15, -0.1) is 0 Å². The Morgan fingerprint density at radius 3 is 2.40 bits per heavy atom. The van der Waals surface area contributed by atoms with Crippen molar-refractivity contribution in [3.63, 3.8) is 0 Å². The number of rotatable bonds is 4. The molecule has 6 heteroatoms. The molecule has 30 heavy (non-hydrogen) atoms. The fourth-order valence-corrected chi connectivity index (χ4v) is 5.30. The van der Waals surface area contributed by atoms with Gasteiger partial charge < -0.3 is 20.1 Å². The highest BCUT2D eigenvalue weighted by atomic mass is 16.5. The molecule has 1 saturated carbocycles. The molecule has 1 aromatic rings. The number of hydrogen-bond donors (Lipinski definition) is 2. The number of carbonyl (C=O) groups is 2. The number of carbonyl (C=O) groups excluding carboxylic acids is 2. The standard InChI is InChI=1S/C24H34N2O4/c1-24(29)13-14-26(23(28)19-11-15-30-16-12-19)20(17-7-3-2-4-8-17)21(24)25-22(27)18-9-5-6-10-18/h2-4,7-8,18-21,29H,5-6,9-16H2,1H3,(H,25,27). The third-order valence-corrected chi connectivity index (χ3v) is 7.20. The SMILES string of the molecule is CC1(O)CCN(C(=O)C2CCOCC2)C(c2ccccc2)C1NC(=O)C1CCCC1. The molecular formula is C24H34N2O4. The van der Waals surface area contributed by atoms with Crippen LogP contribution in [0.3, 0.4) is 0 Å². The molecule has 1 aliphatic carbocycles. The molecule has 0 spiro atoms. The predicted octanol–water partition coefficient (Wildman–Crippen LogP) is 2.81. The first-order valence-electron chi connectivity index (χ1n) is 11.4. The lowest BCUT2D eigenvalue weighted by Gasteiger charge is -2.50. The molecule has 3 atom stereocenters. The number of benzene rings is 1. The molecule has 2 heterocycles. The van der Waals surface area contributed by atoms with Crippen LogP contribution in [-0.4, -0.2) is 53.2 Å². The number of likely N-dealkylation sites (tertiary alicyclic amines) is 1. The molecule has 3 unspecified atom stereocenters. The van der Waals surface area contributed by atoms with E-state index in [-0.39, 0.29) is 29.7 Å². The van der Waals surface area contributed by atoms with Crippen molar-refractivity contribution in [2.24, 2.45) is 11.8 Å². The average molecular weight is 415 g/mol. The average Bonchev–Trinajstić information content (AvgIpc) is 3.31. The number of hydrogen-bond acceptors (Lipinski definition) is 4. The van der Waals surface area contributed by atoms with Crippen LogP contribution in [-0.2, 0) is 14.3 Å². The summed E-state index contributed by atoms with van der Waals surface area (Å²) in [5.41, 5.74) is -0.129. The first-order valence-corrected chi connectivity index (χ1v) is 11.4. The zero-order valence-electron chi connectivity index (χ0n) is 17.9. The predicted molar refractivity (Wildman–Crippen MR) is 114 cm³/mol. The summed E-state index contributed by atoms with van der Waals surface area (Å²) < 4.78 is 5.44. The number of nitrogens with zero attached hydrogens (tertiary/aromatic N) is 1. The molecule has 3 fully saturated rings. The van der Waals surface area contributed by atoms with E-state index >= 15 is 0 Å². The Kier molecular flexibility index (Phi) is 6.44. The fraction of sp³-hybridized carbons (Fsp3) is 0.667. The largest absolute Gasteiger partial charge is 0.388 e. The lowest BCUT2D eigenvalue weighted by atomic mass is 9.78. The van der Waals surface area contributed by atoms with Crippen LogP contribution >= 0.6 is 0 Å². The van der Waals surface area contributed by atoms with Crippen molar-refractivity contribution in [3.8, 4) is 0 Å². The van der Waals surface area contributed by atoms with Gasteiger partial charge in [-0.1, -0.05) is 43.2 Å². The lowest BCUT2D eigenvalue weighted by Crippen LogP contribution is -2.64. The first-order chi connectivity index (χ1) is 14.5. The van der Waals surface area contributed by atoms with E-state index in [0.717, 1.165) is 44.1 Å². The molecule has 0 bridgehead atoms. The van der Waals surface area contributed by atoms with Gasteiger partial charge in [0.25, 0.3) is 0 Å².